The largest absolute Gasteiger partial charge is 0.497 e. The summed E-state index contributed by atoms with van der Waals surface area (Å²) in [5.41, 5.74) is 0.668. The Hall–Kier alpha value is -2.15. The molecule has 2 aliphatic rings. The second-order valence-corrected chi connectivity index (χ2v) is 10.8. The number of hydrogen-bond acceptors (Lipinski definition) is 4. The van der Waals surface area contributed by atoms with E-state index in [9.17, 15) is 9.59 Å². The fourth-order valence-corrected chi connectivity index (χ4v) is 5.99. The molecule has 7 heteroatoms. The first kappa shape index (κ1) is 24.0. The molecule has 0 spiro atoms. The van der Waals surface area contributed by atoms with Gasteiger partial charge in [0.05, 0.1) is 19.2 Å². The van der Waals surface area contributed by atoms with Crippen molar-refractivity contribution in [1.29, 1.82) is 0 Å². The number of nitrogens with one attached hydrogen (secondary N) is 1. The van der Waals surface area contributed by atoms with Crippen LogP contribution in [-0.4, -0.2) is 58.0 Å². The number of methoxy groups -OCH3 is 1. The second-order valence-electron chi connectivity index (χ2n) is 9.55. The van der Waals surface area contributed by atoms with E-state index in [4.69, 9.17) is 4.74 Å². The number of ether oxygens (including phenoxy) is 1. The van der Waals surface area contributed by atoms with Gasteiger partial charge in [-0.05, 0) is 62.3 Å². The molecule has 33 heavy (non-hydrogen) atoms. The molecule has 2 heterocycles. The molecule has 1 aromatic carbocycles. The zero-order valence-corrected chi connectivity index (χ0v) is 21.0. The number of rotatable bonds is 9. The van der Waals surface area contributed by atoms with Crippen LogP contribution < -0.4 is 10.1 Å². The van der Waals surface area contributed by atoms with Gasteiger partial charge in [-0.2, -0.15) is 11.8 Å². The number of benzene rings is 1. The average Bonchev–Trinajstić information content (AvgIpc) is 3.19. The van der Waals surface area contributed by atoms with E-state index in [-0.39, 0.29) is 17.9 Å². The van der Waals surface area contributed by atoms with Gasteiger partial charge in [0.1, 0.15) is 17.0 Å². The fourth-order valence-electron chi connectivity index (χ4n) is 5.17. The smallest absolute Gasteiger partial charge is 0.271 e. The van der Waals surface area contributed by atoms with Crippen LogP contribution in [-0.2, 0) is 11.3 Å². The molecule has 1 saturated carbocycles. The molecule has 0 bridgehead atoms. The van der Waals surface area contributed by atoms with E-state index in [1.807, 2.05) is 52.4 Å². The van der Waals surface area contributed by atoms with Crippen molar-refractivity contribution in [1.82, 2.24) is 14.8 Å². The van der Waals surface area contributed by atoms with Crippen molar-refractivity contribution in [2.24, 2.45) is 0 Å². The van der Waals surface area contributed by atoms with Crippen molar-refractivity contribution in [3.8, 4) is 5.75 Å². The third-order valence-electron chi connectivity index (χ3n) is 7.09. The topological polar surface area (TPSA) is 63.6 Å². The van der Waals surface area contributed by atoms with Crippen LogP contribution in [0.5, 0.6) is 5.75 Å². The number of amides is 2. The Morgan fingerprint density at radius 1 is 1.21 bits per heavy atom. The first-order valence-corrected chi connectivity index (χ1v) is 13.5. The van der Waals surface area contributed by atoms with Crippen molar-refractivity contribution >= 4 is 34.5 Å². The highest BCUT2D eigenvalue weighted by molar-refractivity contribution is 7.99. The van der Waals surface area contributed by atoms with Gasteiger partial charge in [-0.1, -0.05) is 26.2 Å². The molecule has 1 aliphatic carbocycles. The summed E-state index contributed by atoms with van der Waals surface area (Å²) in [7, 11) is 1.65. The number of carbonyl (C=O) groups excluding carboxylic acids is 2. The molecular formula is C26H37N3O3S. The Labute approximate surface area is 201 Å². The molecule has 1 aromatic heterocycles. The van der Waals surface area contributed by atoms with Crippen LogP contribution in [0.15, 0.2) is 24.3 Å². The Bertz CT molecular complexity index is 998. The van der Waals surface area contributed by atoms with Gasteiger partial charge in [-0.25, -0.2) is 0 Å². The van der Waals surface area contributed by atoms with E-state index in [1.54, 1.807) is 7.11 Å². The summed E-state index contributed by atoms with van der Waals surface area (Å²) in [6.07, 6.45) is 7.65. The molecule has 1 aliphatic heterocycles. The molecule has 4 rings (SSSR count). The maximum Gasteiger partial charge on any atom is 0.271 e. The Morgan fingerprint density at radius 3 is 2.73 bits per heavy atom. The van der Waals surface area contributed by atoms with Gasteiger partial charge in [0, 0.05) is 24.0 Å². The van der Waals surface area contributed by atoms with Crippen LogP contribution in [0.3, 0.4) is 0 Å². The summed E-state index contributed by atoms with van der Waals surface area (Å²) in [6, 6.07) is 8.02. The van der Waals surface area contributed by atoms with E-state index in [2.05, 4.69) is 12.2 Å². The van der Waals surface area contributed by atoms with Crippen molar-refractivity contribution in [2.45, 2.75) is 76.9 Å². The molecule has 0 radical (unpaired) electrons. The predicted molar refractivity (Wildman–Crippen MR) is 135 cm³/mol. The normalized spacial score (nSPS) is 21.3. The number of nitrogens with zero attached hydrogens (tertiary/aromatic N) is 2. The highest BCUT2D eigenvalue weighted by atomic mass is 32.2. The maximum atomic E-state index is 13.8. The van der Waals surface area contributed by atoms with E-state index in [0.717, 1.165) is 66.7 Å². The summed E-state index contributed by atoms with van der Waals surface area (Å²) < 4.78 is 7.44. The van der Waals surface area contributed by atoms with Gasteiger partial charge in [0.15, 0.2) is 0 Å². The van der Waals surface area contributed by atoms with E-state index in [1.165, 1.54) is 6.42 Å². The molecule has 1 fully saturated rings. The molecule has 2 aromatic rings. The standard InChI is InChI=1S/C26H37N3O3S/c1-4-14-33-15-8-13-29-24(30)23-16-19-11-12-21(32-3)17-22(19)28(23)18-26(29,2)25(31)27-20-9-6-5-7-10-20/h11-12,16-17,20H,4-10,13-15,18H2,1-3H3,(H,27,31)/t26-/m1/s1. The minimum absolute atomic E-state index is 0.0284. The van der Waals surface area contributed by atoms with Gasteiger partial charge < -0.3 is 19.5 Å². The summed E-state index contributed by atoms with van der Waals surface area (Å²) in [5.74, 6) is 2.79. The fraction of sp³-hybridized carbons (Fsp3) is 0.615. The number of carbonyl (C=O) groups is 2. The molecule has 180 valence electrons. The molecule has 0 saturated heterocycles. The second kappa shape index (κ2) is 10.4. The third-order valence-corrected chi connectivity index (χ3v) is 8.36. The quantitative estimate of drug-likeness (QED) is 0.531. The monoisotopic (exact) mass is 471 g/mol. The number of aromatic nitrogens is 1. The van der Waals surface area contributed by atoms with Crippen molar-refractivity contribution in [2.75, 3.05) is 25.2 Å². The summed E-state index contributed by atoms with van der Waals surface area (Å²) in [5, 5.41) is 4.30. The first-order valence-electron chi connectivity index (χ1n) is 12.4. The molecule has 0 unspecified atom stereocenters. The highest BCUT2D eigenvalue weighted by Crippen LogP contribution is 2.34. The van der Waals surface area contributed by atoms with Crippen LogP contribution in [0.25, 0.3) is 10.9 Å². The van der Waals surface area contributed by atoms with Crippen LogP contribution in [0.1, 0.15) is 69.3 Å². The number of fused-ring (bicyclic) bond motifs is 3. The van der Waals surface area contributed by atoms with Crippen molar-refractivity contribution < 1.29 is 14.3 Å². The van der Waals surface area contributed by atoms with E-state index < -0.39 is 5.54 Å². The molecule has 1 atom stereocenters. The summed E-state index contributed by atoms with van der Waals surface area (Å²) in [6.45, 7) is 5.17. The van der Waals surface area contributed by atoms with Crippen molar-refractivity contribution in [3.05, 3.63) is 30.0 Å². The summed E-state index contributed by atoms with van der Waals surface area (Å²) in [4.78, 5) is 29.3. The Morgan fingerprint density at radius 2 is 2.00 bits per heavy atom. The lowest BCUT2D eigenvalue weighted by Gasteiger charge is -2.45. The lowest BCUT2D eigenvalue weighted by atomic mass is 9.91. The average molecular weight is 472 g/mol. The zero-order chi connectivity index (χ0) is 23.4. The SMILES string of the molecule is CCCSCCCN1C(=O)c2cc3ccc(OC)cc3n2C[C@]1(C)C(=O)NC1CCCCC1. The van der Waals surface area contributed by atoms with Gasteiger partial charge in [0.2, 0.25) is 5.91 Å². The van der Waals surface area contributed by atoms with Gasteiger partial charge >= 0.3 is 0 Å². The first-order chi connectivity index (χ1) is 16.0. The Balaban J connectivity index is 1.65. The lowest BCUT2D eigenvalue weighted by molar-refractivity contribution is -0.133. The van der Waals surface area contributed by atoms with Gasteiger partial charge in [-0.15, -0.1) is 0 Å². The number of thioether (sulfide) groups is 1. The van der Waals surface area contributed by atoms with Gasteiger partial charge in [0.25, 0.3) is 5.91 Å². The lowest BCUT2D eigenvalue weighted by Crippen LogP contribution is -2.65. The molecule has 2 amide bonds. The third kappa shape index (κ3) is 4.88. The summed E-state index contributed by atoms with van der Waals surface area (Å²) >= 11 is 1.92. The van der Waals surface area contributed by atoms with Crippen LogP contribution >= 0.6 is 11.8 Å². The van der Waals surface area contributed by atoms with Crippen LogP contribution in [0.4, 0.5) is 0 Å². The van der Waals surface area contributed by atoms with Gasteiger partial charge in [-0.3, -0.25) is 9.59 Å². The number of hydrogen-bond donors (Lipinski definition) is 1. The minimum atomic E-state index is -0.925. The van der Waals surface area contributed by atoms with Crippen molar-refractivity contribution in [3.63, 3.8) is 0 Å². The maximum absolute atomic E-state index is 13.8. The van der Waals surface area contributed by atoms with Crippen LogP contribution in [0.2, 0.25) is 0 Å². The Kier molecular flexibility index (Phi) is 7.57. The highest BCUT2D eigenvalue weighted by Gasteiger charge is 2.47. The molecule has 6 nitrogen and oxygen atoms in total. The van der Waals surface area contributed by atoms with E-state index in [0.29, 0.717) is 18.8 Å². The van der Waals surface area contributed by atoms with E-state index >= 15 is 0 Å². The predicted octanol–water partition coefficient (Wildman–Crippen LogP) is 4.85. The molecule has 1 N–H and O–H groups in total. The molecular weight excluding hydrogens is 434 g/mol. The minimum Gasteiger partial charge on any atom is -0.497 e. The van der Waals surface area contributed by atoms with Crippen LogP contribution in [0, 0.1) is 0 Å². The zero-order valence-electron chi connectivity index (χ0n) is 20.2.